The Bertz CT molecular complexity index is 720. The predicted molar refractivity (Wildman–Crippen MR) is 93.2 cm³/mol. The number of imidazole rings is 1. The molecule has 0 saturated carbocycles. The number of fused-ring (bicyclic) bond motifs is 1. The summed E-state index contributed by atoms with van der Waals surface area (Å²) in [6, 6.07) is 5.97. The van der Waals surface area contributed by atoms with Gasteiger partial charge in [0.05, 0.1) is 23.1 Å². The first-order valence-electron chi connectivity index (χ1n) is 7.97. The van der Waals surface area contributed by atoms with Crippen molar-refractivity contribution in [3.63, 3.8) is 0 Å². The van der Waals surface area contributed by atoms with Crippen LogP contribution in [0.3, 0.4) is 0 Å². The molecule has 2 aromatic rings. The number of nitrogens with one attached hydrogen (secondary N) is 1. The van der Waals surface area contributed by atoms with Crippen LogP contribution in [0.5, 0.6) is 0 Å². The molecule has 0 atom stereocenters. The summed E-state index contributed by atoms with van der Waals surface area (Å²) in [5.74, 6) is 0. The molecule has 122 valence electrons. The molecule has 0 unspecified atom stereocenters. The maximum atomic E-state index is 6.18. The van der Waals surface area contributed by atoms with Crippen LogP contribution in [0.2, 0.25) is 0 Å². The fourth-order valence-electron chi connectivity index (χ4n) is 2.65. The molecule has 0 aromatic carbocycles. The number of nitrogens with zero attached hydrogens (tertiary/aromatic N) is 2. The van der Waals surface area contributed by atoms with Crippen molar-refractivity contribution >= 4 is 18.8 Å². The molecule has 5 nitrogen and oxygen atoms in total. The Morgan fingerprint density at radius 3 is 2.61 bits per heavy atom. The second kappa shape index (κ2) is 5.78. The standard InChI is InChI=1S/C17H24BN3O2/c1-16(2)17(3,4)23-18(22-16)13(11-19-5)10-14-12-20-15-8-6-7-9-21(14)15/h6-10,12,19H,11H2,1-5H3. The van der Waals surface area contributed by atoms with Crippen LogP contribution in [0.25, 0.3) is 11.7 Å². The van der Waals surface area contributed by atoms with E-state index in [1.165, 1.54) is 0 Å². The molecule has 6 heteroatoms. The summed E-state index contributed by atoms with van der Waals surface area (Å²) in [6.07, 6.45) is 5.98. The Balaban J connectivity index is 1.96. The van der Waals surface area contributed by atoms with E-state index in [1.807, 2.05) is 37.6 Å². The third-order valence-corrected chi connectivity index (χ3v) is 4.72. The maximum Gasteiger partial charge on any atom is 0.491 e. The summed E-state index contributed by atoms with van der Waals surface area (Å²) in [5.41, 5.74) is 2.31. The molecule has 1 aliphatic heterocycles. The van der Waals surface area contributed by atoms with Gasteiger partial charge in [0.2, 0.25) is 0 Å². The Kier molecular flexibility index (Phi) is 4.08. The molecule has 1 saturated heterocycles. The molecular formula is C17H24BN3O2. The molecule has 23 heavy (non-hydrogen) atoms. The van der Waals surface area contributed by atoms with Crippen LogP contribution in [0.1, 0.15) is 33.4 Å². The molecule has 0 amide bonds. The summed E-state index contributed by atoms with van der Waals surface area (Å²) >= 11 is 0. The van der Waals surface area contributed by atoms with E-state index < -0.39 is 0 Å². The number of aromatic nitrogens is 2. The Hall–Kier alpha value is -1.63. The molecule has 0 aliphatic carbocycles. The second-order valence-electron chi connectivity index (χ2n) is 6.95. The lowest BCUT2D eigenvalue weighted by molar-refractivity contribution is 0.00578. The van der Waals surface area contributed by atoms with Gasteiger partial charge in [-0.3, -0.25) is 0 Å². The van der Waals surface area contributed by atoms with Gasteiger partial charge >= 0.3 is 7.12 Å². The normalized spacial score (nSPS) is 20.4. The van der Waals surface area contributed by atoms with E-state index in [4.69, 9.17) is 9.31 Å². The topological polar surface area (TPSA) is 47.8 Å². The van der Waals surface area contributed by atoms with Crippen molar-refractivity contribution in [2.24, 2.45) is 0 Å². The Morgan fingerprint density at radius 2 is 1.96 bits per heavy atom. The zero-order valence-electron chi connectivity index (χ0n) is 14.5. The van der Waals surface area contributed by atoms with E-state index in [1.54, 1.807) is 0 Å². The van der Waals surface area contributed by atoms with Crippen LogP contribution in [-0.2, 0) is 9.31 Å². The molecule has 2 aromatic heterocycles. The molecule has 0 radical (unpaired) electrons. The van der Waals surface area contributed by atoms with E-state index >= 15 is 0 Å². The average molecular weight is 313 g/mol. The first-order valence-corrected chi connectivity index (χ1v) is 7.97. The van der Waals surface area contributed by atoms with Gasteiger partial charge in [-0.15, -0.1) is 0 Å². The van der Waals surface area contributed by atoms with Crippen molar-refractivity contribution in [2.75, 3.05) is 13.6 Å². The highest BCUT2D eigenvalue weighted by atomic mass is 16.7. The molecule has 1 N–H and O–H groups in total. The summed E-state index contributed by atoms with van der Waals surface area (Å²) in [5, 5.41) is 3.20. The monoisotopic (exact) mass is 313 g/mol. The molecule has 0 bridgehead atoms. The molecular weight excluding hydrogens is 289 g/mol. The first-order chi connectivity index (χ1) is 10.8. The van der Waals surface area contributed by atoms with E-state index in [9.17, 15) is 0 Å². The SMILES string of the molecule is CNCC(=Cc1cnc2ccccn12)B1OC(C)(C)C(C)(C)O1. The number of rotatable bonds is 4. The lowest BCUT2D eigenvalue weighted by Gasteiger charge is -2.32. The van der Waals surface area contributed by atoms with Gasteiger partial charge in [-0.05, 0) is 58.4 Å². The largest absolute Gasteiger partial charge is 0.491 e. The van der Waals surface area contributed by atoms with Crippen molar-refractivity contribution in [3.8, 4) is 0 Å². The third-order valence-electron chi connectivity index (χ3n) is 4.72. The van der Waals surface area contributed by atoms with E-state index in [0.717, 1.165) is 16.8 Å². The molecule has 3 heterocycles. The van der Waals surface area contributed by atoms with Crippen molar-refractivity contribution in [1.82, 2.24) is 14.7 Å². The third kappa shape index (κ3) is 2.94. The van der Waals surface area contributed by atoms with Gasteiger partial charge < -0.3 is 19.0 Å². The van der Waals surface area contributed by atoms with Gasteiger partial charge in [0.15, 0.2) is 0 Å². The zero-order valence-corrected chi connectivity index (χ0v) is 14.5. The minimum absolute atomic E-state index is 0.343. The number of pyridine rings is 1. The van der Waals surface area contributed by atoms with Crippen LogP contribution in [0, 0.1) is 0 Å². The molecule has 0 spiro atoms. The van der Waals surface area contributed by atoms with Crippen LogP contribution < -0.4 is 5.32 Å². The second-order valence-corrected chi connectivity index (χ2v) is 6.95. The minimum atomic E-state index is -0.360. The highest BCUT2D eigenvalue weighted by Crippen LogP contribution is 2.38. The lowest BCUT2D eigenvalue weighted by atomic mass is 9.77. The number of hydrogen-bond donors (Lipinski definition) is 1. The van der Waals surface area contributed by atoms with Crippen LogP contribution in [0.15, 0.2) is 36.1 Å². The van der Waals surface area contributed by atoms with Crippen molar-refractivity contribution in [1.29, 1.82) is 0 Å². The van der Waals surface area contributed by atoms with Gasteiger partial charge in [0.25, 0.3) is 0 Å². The maximum absolute atomic E-state index is 6.18. The molecule has 1 aliphatic rings. The van der Waals surface area contributed by atoms with Crippen LogP contribution in [-0.4, -0.2) is 41.3 Å². The van der Waals surface area contributed by atoms with E-state index in [2.05, 4.69) is 48.5 Å². The summed E-state index contributed by atoms with van der Waals surface area (Å²) < 4.78 is 14.4. The summed E-state index contributed by atoms with van der Waals surface area (Å²) in [7, 11) is 1.56. The van der Waals surface area contributed by atoms with Gasteiger partial charge in [-0.2, -0.15) is 0 Å². The van der Waals surface area contributed by atoms with Crippen LogP contribution in [0.4, 0.5) is 0 Å². The highest BCUT2D eigenvalue weighted by Gasteiger charge is 2.52. The minimum Gasteiger partial charge on any atom is -0.400 e. The van der Waals surface area contributed by atoms with Gasteiger partial charge in [-0.25, -0.2) is 4.98 Å². The fourth-order valence-corrected chi connectivity index (χ4v) is 2.65. The molecule has 1 fully saturated rings. The highest BCUT2D eigenvalue weighted by molar-refractivity contribution is 6.55. The summed E-state index contributed by atoms with van der Waals surface area (Å²) in [4.78, 5) is 4.43. The Labute approximate surface area is 137 Å². The first kappa shape index (κ1) is 16.2. The van der Waals surface area contributed by atoms with Crippen molar-refractivity contribution < 1.29 is 9.31 Å². The van der Waals surface area contributed by atoms with E-state index in [0.29, 0.717) is 6.54 Å². The Morgan fingerprint density at radius 1 is 1.26 bits per heavy atom. The fraction of sp³-hybridized carbons (Fsp3) is 0.471. The predicted octanol–water partition coefficient (Wildman–Crippen LogP) is 2.57. The zero-order chi connectivity index (χ0) is 16.7. The summed E-state index contributed by atoms with van der Waals surface area (Å²) in [6.45, 7) is 8.96. The van der Waals surface area contributed by atoms with Crippen LogP contribution >= 0.6 is 0 Å². The number of hydrogen-bond acceptors (Lipinski definition) is 4. The van der Waals surface area contributed by atoms with Gasteiger partial charge in [0, 0.05) is 12.7 Å². The quantitative estimate of drug-likeness (QED) is 0.882. The smallest absolute Gasteiger partial charge is 0.400 e. The molecule has 3 rings (SSSR count). The van der Waals surface area contributed by atoms with Crippen molar-refractivity contribution in [3.05, 3.63) is 41.8 Å². The van der Waals surface area contributed by atoms with Gasteiger partial charge in [0.1, 0.15) is 5.65 Å². The number of likely N-dealkylation sites (N-methyl/N-ethyl adjacent to an activating group) is 1. The van der Waals surface area contributed by atoms with Crippen molar-refractivity contribution in [2.45, 2.75) is 38.9 Å². The van der Waals surface area contributed by atoms with Gasteiger partial charge in [-0.1, -0.05) is 6.07 Å². The average Bonchev–Trinajstić information content (AvgIpc) is 2.97. The lowest BCUT2D eigenvalue weighted by Crippen LogP contribution is -2.41. The van der Waals surface area contributed by atoms with E-state index in [-0.39, 0.29) is 18.3 Å².